The SMILES string of the molecule is O=C(c1ccncc1)N1CCC(C(=O)N(CCCN2CCC(Cc3ccc(F)cc3)CC2)c2ccc(Cl)c(Cl)c2)CC1. The van der Waals surface area contributed by atoms with Gasteiger partial charge in [0.1, 0.15) is 5.82 Å². The summed E-state index contributed by atoms with van der Waals surface area (Å²) in [4.78, 5) is 36.9. The number of hydrogen-bond acceptors (Lipinski definition) is 4. The smallest absolute Gasteiger partial charge is 0.253 e. The van der Waals surface area contributed by atoms with Crippen LogP contribution in [-0.4, -0.2) is 65.9 Å². The highest BCUT2D eigenvalue weighted by molar-refractivity contribution is 6.42. The van der Waals surface area contributed by atoms with Crippen LogP contribution in [0, 0.1) is 17.7 Å². The van der Waals surface area contributed by atoms with E-state index in [1.54, 1.807) is 36.7 Å². The second kappa shape index (κ2) is 14.5. The fourth-order valence-corrected chi connectivity index (χ4v) is 6.36. The zero-order valence-electron chi connectivity index (χ0n) is 23.7. The highest BCUT2D eigenvalue weighted by Gasteiger charge is 2.31. The minimum absolute atomic E-state index is 0.0222. The molecule has 0 radical (unpaired) electrons. The predicted molar refractivity (Wildman–Crippen MR) is 166 cm³/mol. The third-order valence-corrected chi connectivity index (χ3v) is 9.28. The average Bonchev–Trinajstić information content (AvgIpc) is 3.02. The maximum absolute atomic E-state index is 13.9. The topological polar surface area (TPSA) is 56.8 Å². The Bertz CT molecular complexity index is 1340. The summed E-state index contributed by atoms with van der Waals surface area (Å²) in [7, 11) is 0. The van der Waals surface area contributed by atoms with Gasteiger partial charge < -0.3 is 14.7 Å². The Morgan fingerprint density at radius 1 is 0.881 bits per heavy atom. The standard InChI is InChI=1S/C33H37Cl2FN4O2/c34-30-7-6-29(23-31(30)35)40(33(42)27-12-20-39(21-13-27)32(41)26-8-14-37-15-9-26)17-1-16-38-18-10-25(11-19-38)22-24-2-4-28(36)5-3-24/h2-9,14-15,23,25,27H,1,10-13,16-22H2. The van der Waals surface area contributed by atoms with Crippen molar-refractivity contribution >= 4 is 40.7 Å². The first-order valence-corrected chi connectivity index (χ1v) is 15.6. The lowest BCUT2D eigenvalue weighted by atomic mass is 9.90. The number of likely N-dealkylation sites (tertiary alicyclic amines) is 2. The third-order valence-electron chi connectivity index (χ3n) is 8.54. The van der Waals surface area contributed by atoms with Crippen LogP contribution < -0.4 is 4.90 Å². The van der Waals surface area contributed by atoms with Crippen LogP contribution >= 0.6 is 23.2 Å². The van der Waals surface area contributed by atoms with Gasteiger partial charge in [-0.1, -0.05) is 35.3 Å². The molecule has 2 amide bonds. The normalized spacial score (nSPS) is 16.9. The summed E-state index contributed by atoms with van der Waals surface area (Å²) in [5.74, 6) is 0.303. The van der Waals surface area contributed by atoms with Crippen molar-refractivity contribution in [2.24, 2.45) is 11.8 Å². The molecule has 42 heavy (non-hydrogen) atoms. The molecule has 2 aliphatic heterocycles. The molecule has 2 aliphatic rings. The average molecular weight is 612 g/mol. The molecule has 6 nitrogen and oxygen atoms in total. The molecule has 0 N–H and O–H groups in total. The summed E-state index contributed by atoms with van der Waals surface area (Å²) in [6.07, 6.45) is 8.54. The predicted octanol–water partition coefficient (Wildman–Crippen LogP) is 6.76. The van der Waals surface area contributed by atoms with Crippen LogP contribution in [0.1, 0.15) is 48.0 Å². The zero-order valence-corrected chi connectivity index (χ0v) is 25.2. The first kappa shape index (κ1) is 30.5. The van der Waals surface area contributed by atoms with Crippen molar-refractivity contribution in [1.82, 2.24) is 14.8 Å². The quantitative estimate of drug-likeness (QED) is 0.269. The molecular weight excluding hydrogens is 574 g/mol. The van der Waals surface area contributed by atoms with Crippen molar-refractivity contribution in [1.29, 1.82) is 0 Å². The zero-order chi connectivity index (χ0) is 29.5. The van der Waals surface area contributed by atoms with Gasteiger partial charge in [-0.15, -0.1) is 0 Å². The Hall–Kier alpha value is -3.00. The number of piperidine rings is 2. The van der Waals surface area contributed by atoms with Gasteiger partial charge in [-0.2, -0.15) is 0 Å². The minimum atomic E-state index is -0.191. The van der Waals surface area contributed by atoms with Gasteiger partial charge in [-0.3, -0.25) is 14.6 Å². The Morgan fingerprint density at radius 3 is 2.24 bits per heavy atom. The van der Waals surface area contributed by atoms with E-state index >= 15 is 0 Å². The minimum Gasteiger partial charge on any atom is -0.339 e. The van der Waals surface area contributed by atoms with Crippen molar-refractivity contribution in [3.8, 4) is 0 Å². The van der Waals surface area contributed by atoms with E-state index in [1.807, 2.05) is 28.0 Å². The number of halogens is 3. The number of hydrogen-bond donors (Lipinski definition) is 0. The van der Waals surface area contributed by atoms with Crippen molar-refractivity contribution in [2.45, 2.75) is 38.5 Å². The number of anilines is 1. The summed E-state index contributed by atoms with van der Waals surface area (Å²) in [6, 6.07) is 15.7. The van der Waals surface area contributed by atoms with Crippen LogP contribution in [0.3, 0.4) is 0 Å². The molecule has 0 atom stereocenters. The summed E-state index contributed by atoms with van der Waals surface area (Å²) >= 11 is 12.5. The molecule has 0 spiro atoms. The second-order valence-corrected chi connectivity index (χ2v) is 12.2. The van der Waals surface area contributed by atoms with E-state index in [2.05, 4.69) is 9.88 Å². The molecule has 222 valence electrons. The Kier molecular flexibility index (Phi) is 10.5. The van der Waals surface area contributed by atoms with E-state index in [1.165, 1.54) is 17.7 Å². The summed E-state index contributed by atoms with van der Waals surface area (Å²) in [5, 5.41) is 0.882. The van der Waals surface area contributed by atoms with Crippen molar-refractivity contribution < 1.29 is 14.0 Å². The molecule has 2 saturated heterocycles. The number of rotatable bonds is 9. The molecule has 9 heteroatoms. The van der Waals surface area contributed by atoms with E-state index < -0.39 is 0 Å². The molecule has 3 aromatic rings. The van der Waals surface area contributed by atoms with Crippen LogP contribution in [-0.2, 0) is 11.2 Å². The molecule has 0 aliphatic carbocycles. The number of nitrogens with zero attached hydrogens (tertiary/aromatic N) is 4. The van der Waals surface area contributed by atoms with Gasteiger partial charge in [0.25, 0.3) is 5.91 Å². The molecule has 1 aromatic heterocycles. The molecule has 2 aromatic carbocycles. The molecule has 0 bridgehead atoms. The maximum atomic E-state index is 13.9. The van der Waals surface area contributed by atoms with Gasteiger partial charge >= 0.3 is 0 Å². The van der Waals surface area contributed by atoms with Crippen molar-refractivity contribution in [3.63, 3.8) is 0 Å². The number of amides is 2. The Morgan fingerprint density at radius 2 is 1.57 bits per heavy atom. The molecule has 5 rings (SSSR count). The van der Waals surface area contributed by atoms with Crippen molar-refractivity contribution in [3.05, 3.63) is 94.0 Å². The maximum Gasteiger partial charge on any atom is 0.253 e. The Labute approximate surface area is 257 Å². The first-order valence-electron chi connectivity index (χ1n) is 14.8. The van der Waals surface area contributed by atoms with Crippen LogP contribution in [0.15, 0.2) is 67.0 Å². The highest BCUT2D eigenvalue weighted by atomic mass is 35.5. The van der Waals surface area contributed by atoms with Gasteiger partial charge in [0.15, 0.2) is 0 Å². The monoisotopic (exact) mass is 610 g/mol. The van der Waals surface area contributed by atoms with Crippen LogP contribution in [0.5, 0.6) is 0 Å². The number of carbonyl (C=O) groups excluding carboxylic acids is 2. The third kappa shape index (κ3) is 7.88. The first-order chi connectivity index (χ1) is 20.4. The van der Waals surface area contributed by atoms with Crippen molar-refractivity contribution in [2.75, 3.05) is 44.2 Å². The molecule has 0 unspecified atom stereocenters. The van der Waals surface area contributed by atoms with Crippen LogP contribution in [0.25, 0.3) is 0 Å². The number of aromatic nitrogens is 1. The highest BCUT2D eigenvalue weighted by Crippen LogP contribution is 2.30. The van der Waals surface area contributed by atoms with E-state index in [4.69, 9.17) is 23.2 Å². The lowest BCUT2D eigenvalue weighted by Gasteiger charge is -2.35. The van der Waals surface area contributed by atoms with Gasteiger partial charge in [-0.25, -0.2) is 4.39 Å². The molecule has 3 heterocycles. The van der Waals surface area contributed by atoms with E-state index in [-0.39, 0.29) is 23.5 Å². The second-order valence-electron chi connectivity index (χ2n) is 11.4. The number of pyridine rings is 1. The van der Waals surface area contributed by atoms with Crippen LogP contribution in [0.4, 0.5) is 10.1 Å². The molecular formula is C33H37Cl2FN4O2. The van der Waals surface area contributed by atoms with E-state index in [0.717, 1.165) is 51.0 Å². The summed E-state index contributed by atoms with van der Waals surface area (Å²) < 4.78 is 13.2. The van der Waals surface area contributed by atoms with Gasteiger partial charge in [-0.05, 0) is 112 Å². The number of benzene rings is 2. The largest absolute Gasteiger partial charge is 0.339 e. The number of carbonyl (C=O) groups is 2. The van der Waals surface area contributed by atoms with Gasteiger partial charge in [0.2, 0.25) is 5.91 Å². The lowest BCUT2D eigenvalue weighted by molar-refractivity contribution is -0.123. The Balaban J connectivity index is 1.15. The van der Waals surface area contributed by atoms with Gasteiger partial charge in [0.05, 0.1) is 10.0 Å². The summed E-state index contributed by atoms with van der Waals surface area (Å²) in [5.41, 5.74) is 2.56. The lowest BCUT2D eigenvalue weighted by Crippen LogP contribution is -2.45. The van der Waals surface area contributed by atoms with E-state index in [9.17, 15) is 14.0 Å². The summed E-state index contributed by atoms with van der Waals surface area (Å²) in [6.45, 7) is 4.63. The van der Waals surface area contributed by atoms with E-state index in [0.29, 0.717) is 54.0 Å². The molecule has 2 fully saturated rings. The fraction of sp³-hybridized carbons (Fsp3) is 0.424. The van der Waals surface area contributed by atoms with Crippen LogP contribution in [0.2, 0.25) is 10.0 Å². The fourth-order valence-electron chi connectivity index (χ4n) is 6.07. The van der Waals surface area contributed by atoms with Gasteiger partial charge in [0, 0.05) is 49.2 Å². The molecule has 0 saturated carbocycles.